The summed E-state index contributed by atoms with van der Waals surface area (Å²) in [7, 11) is 0. The Morgan fingerprint density at radius 2 is 1.09 bits per heavy atom. The summed E-state index contributed by atoms with van der Waals surface area (Å²) >= 11 is 0. The van der Waals surface area contributed by atoms with Crippen molar-refractivity contribution in [2.75, 3.05) is 0 Å². The number of aromatic nitrogens is 2. The van der Waals surface area contributed by atoms with Gasteiger partial charge in [-0.05, 0) is 43.2 Å². The van der Waals surface area contributed by atoms with Gasteiger partial charge in [-0.3, -0.25) is 0 Å². The second-order valence-electron chi connectivity index (χ2n) is 13.5. The van der Waals surface area contributed by atoms with Crippen LogP contribution in [0.15, 0.2) is 79.4 Å². The molecule has 0 bridgehead atoms. The fraction of sp³-hybridized carbons (Fsp3) is 0.634. The maximum atomic E-state index is 2.55. The van der Waals surface area contributed by atoms with Crippen molar-refractivity contribution in [1.82, 2.24) is 4.57 Å². The number of imidazole rings is 1. The van der Waals surface area contributed by atoms with Gasteiger partial charge in [-0.15, -0.1) is 0 Å². The molecule has 2 atom stereocenters. The molecule has 0 radical (unpaired) electrons. The molecule has 3 aromatic rings. The molecule has 43 heavy (non-hydrogen) atoms. The van der Waals surface area contributed by atoms with Gasteiger partial charge in [-0.25, -0.2) is 9.13 Å². The predicted molar refractivity (Wildman–Crippen MR) is 187 cm³/mol. The first kappa shape index (κ1) is 35.1. The largest absolute Gasteiger partial charge is 0.244 e. The van der Waals surface area contributed by atoms with Crippen LogP contribution in [0.2, 0.25) is 0 Å². The molecule has 0 N–H and O–H groups in total. The Hall–Kier alpha value is -2.35. The van der Waals surface area contributed by atoms with E-state index in [2.05, 4.69) is 109 Å². The number of rotatable bonds is 25. The summed E-state index contributed by atoms with van der Waals surface area (Å²) in [5, 5.41) is 0. The molecule has 1 heterocycles. The smallest absolute Gasteiger partial charge is 0.237 e. The van der Waals surface area contributed by atoms with Gasteiger partial charge < -0.3 is 0 Å². The van der Waals surface area contributed by atoms with E-state index < -0.39 is 0 Å². The summed E-state index contributed by atoms with van der Waals surface area (Å²) in [6.45, 7) is 8.26. The Bertz CT molecular complexity index is 1060. The molecule has 3 rings (SSSR count). The van der Waals surface area contributed by atoms with Gasteiger partial charge in [0.2, 0.25) is 6.33 Å². The van der Waals surface area contributed by atoms with E-state index in [1.54, 1.807) is 0 Å². The third kappa shape index (κ3) is 13.0. The zero-order valence-electron chi connectivity index (χ0n) is 28.3. The van der Waals surface area contributed by atoms with Crippen LogP contribution in [0.3, 0.4) is 0 Å². The second-order valence-corrected chi connectivity index (χ2v) is 13.5. The van der Waals surface area contributed by atoms with Crippen LogP contribution in [-0.4, -0.2) is 4.57 Å². The molecule has 0 aliphatic rings. The van der Waals surface area contributed by atoms with Crippen molar-refractivity contribution in [1.29, 1.82) is 0 Å². The van der Waals surface area contributed by atoms with Crippen LogP contribution in [0.4, 0.5) is 0 Å². The summed E-state index contributed by atoms with van der Waals surface area (Å²) in [5.74, 6) is 0. The summed E-state index contributed by atoms with van der Waals surface area (Å²) < 4.78 is 5.00. The van der Waals surface area contributed by atoms with Gasteiger partial charge in [0.1, 0.15) is 18.4 Å². The summed E-state index contributed by atoms with van der Waals surface area (Å²) in [5.41, 5.74) is 2.89. The molecule has 0 spiro atoms. The molecule has 0 saturated heterocycles. The topological polar surface area (TPSA) is 8.81 Å². The lowest BCUT2D eigenvalue weighted by Gasteiger charge is -2.37. The Morgan fingerprint density at radius 3 is 1.65 bits per heavy atom. The van der Waals surface area contributed by atoms with E-state index in [1.165, 1.54) is 133 Å². The van der Waals surface area contributed by atoms with Crippen molar-refractivity contribution in [2.24, 2.45) is 0 Å². The average molecular weight is 586 g/mol. The molecule has 0 fully saturated rings. The maximum Gasteiger partial charge on any atom is 0.244 e. The van der Waals surface area contributed by atoms with E-state index in [4.69, 9.17) is 0 Å². The molecule has 2 heteroatoms. The van der Waals surface area contributed by atoms with Crippen molar-refractivity contribution in [3.63, 3.8) is 0 Å². The van der Waals surface area contributed by atoms with Crippen LogP contribution in [0.5, 0.6) is 0 Å². The molecule has 238 valence electrons. The van der Waals surface area contributed by atoms with E-state index in [1.807, 2.05) is 0 Å². The van der Waals surface area contributed by atoms with Crippen LogP contribution in [-0.2, 0) is 18.4 Å². The quantitative estimate of drug-likeness (QED) is 0.0690. The number of hydrogen-bond donors (Lipinski definition) is 0. The lowest BCUT2D eigenvalue weighted by molar-refractivity contribution is -0.697. The Labute approximate surface area is 266 Å². The highest BCUT2D eigenvalue weighted by molar-refractivity contribution is 5.30. The minimum atomic E-state index is 0.0157. The molecule has 2 unspecified atom stereocenters. The number of unbranched alkanes of at least 4 members (excludes halogenated alkanes) is 16. The fourth-order valence-corrected chi connectivity index (χ4v) is 7.03. The van der Waals surface area contributed by atoms with Gasteiger partial charge in [-0.2, -0.15) is 0 Å². The van der Waals surface area contributed by atoms with Gasteiger partial charge in [0.15, 0.2) is 0 Å². The zero-order chi connectivity index (χ0) is 30.4. The van der Waals surface area contributed by atoms with Crippen molar-refractivity contribution < 1.29 is 4.57 Å². The second kappa shape index (κ2) is 21.4. The SMILES string of the molecule is CCCCCCCCCCCCCCCCC[n+]1ccn(C(CCCCC)C(C)(Cc2ccccc2)c2ccccc2)c1. The maximum absolute atomic E-state index is 2.55. The standard InChI is InChI=1S/C41H65N2/c1-4-6-8-9-10-11-12-13-14-15-16-17-18-19-27-33-42-34-35-43(37-42)40(32-22-7-5-2)41(3,39-30-25-21-26-31-39)36-38-28-23-20-24-29-38/h20-21,23-26,28-31,34-35,37,40H,4-19,22,27,32-33,36H2,1-3H3/q+1. The molecular weight excluding hydrogens is 520 g/mol. The van der Waals surface area contributed by atoms with Crippen LogP contribution < -0.4 is 4.57 Å². The molecule has 1 aromatic heterocycles. The first-order valence-corrected chi connectivity index (χ1v) is 18.3. The van der Waals surface area contributed by atoms with Crippen molar-refractivity contribution in [3.8, 4) is 0 Å². The van der Waals surface area contributed by atoms with Crippen molar-refractivity contribution >= 4 is 0 Å². The highest BCUT2D eigenvalue weighted by Gasteiger charge is 2.40. The molecule has 0 amide bonds. The molecular formula is C41H65N2+. The van der Waals surface area contributed by atoms with Crippen LogP contribution in [0.25, 0.3) is 0 Å². The van der Waals surface area contributed by atoms with E-state index in [-0.39, 0.29) is 5.41 Å². The Morgan fingerprint density at radius 1 is 0.605 bits per heavy atom. The van der Waals surface area contributed by atoms with Gasteiger partial charge >= 0.3 is 0 Å². The monoisotopic (exact) mass is 586 g/mol. The van der Waals surface area contributed by atoms with Crippen molar-refractivity contribution in [3.05, 3.63) is 90.5 Å². The highest BCUT2D eigenvalue weighted by Crippen LogP contribution is 2.41. The molecule has 0 aliphatic carbocycles. The highest BCUT2D eigenvalue weighted by atomic mass is 15.1. The van der Waals surface area contributed by atoms with Crippen LogP contribution in [0.1, 0.15) is 160 Å². The van der Waals surface area contributed by atoms with Crippen LogP contribution in [0, 0.1) is 0 Å². The van der Waals surface area contributed by atoms with Crippen LogP contribution >= 0.6 is 0 Å². The third-order valence-corrected chi connectivity index (χ3v) is 9.76. The zero-order valence-corrected chi connectivity index (χ0v) is 28.3. The van der Waals surface area contributed by atoms with Gasteiger partial charge in [0.25, 0.3) is 0 Å². The number of hydrogen-bond acceptors (Lipinski definition) is 0. The summed E-state index contributed by atoms with van der Waals surface area (Å²) in [6.07, 6.45) is 34.5. The molecule has 2 aromatic carbocycles. The average Bonchev–Trinajstić information content (AvgIpc) is 3.50. The van der Waals surface area contributed by atoms with E-state index >= 15 is 0 Å². The minimum Gasteiger partial charge on any atom is -0.237 e. The van der Waals surface area contributed by atoms with Gasteiger partial charge in [-0.1, -0.05) is 178 Å². The normalized spacial score (nSPS) is 13.7. The molecule has 2 nitrogen and oxygen atoms in total. The fourth-order valence-electron chi connectivity index (χ4n) is 7.03. The number of benzene rings is 2. The van der Waals surface area contributed by atoms with E-state index in [0.29, 0.717) is 6.04 Å². The number of nitrogens with zero attached hydrogens (tertiary/aromatic N) is 2. The lowest BCUT2D eigenvalue weighted by atomic mass is 9.70. The van der Waals surface area contributed by atoms with Gasteiger partial charge in [0.05, 0.1) is 6.54 Å². The van der Waals surface area contributed by atoms with E-state index in [9.17, 15) is 0 Å². The van der Waals surface area contributed by atoms with E-state index in [0.717, 1.165) is 13.0 Å². The van der Waals surface area contributed by atoms with Gasteiger partial charge in [0, 0.05) is 5.41 Å². The lowest BCUT2D eigenvalue weighted by Crippen LogP contribution is -2.38. The number of aryl methyl sites for hydroxylation is 1. The Balaban J connectivity index is 1.46. The van der Waals surface area contributed by atoms with Crippen molar-refractivity contribution in [2.45, 2.75) is 167 Å². The predicted octanol–water partition coefficient (Wildman–Crippen LogP) is 12.0. The molecule has 0 aliphatic heterocycles. The third-order valence-electron chi connectivity index (χ3n) is 9.76. The Kier molecular flexibility index (Phi) is 17.5. The molecule has 0 saturated carbocycles. The summed E-state index contributed by atoms with van der Waals surface area (Å²) in [4.78, 5) is 0. The summed E-state index contributed by atoms with van der Waals surface area (Å²) in [6, 6.07) is 22.8. The minimum absolute atomic E-state index is 0.0157. The first-order chi connectivity index (χ1) is 21.2. The first-order valence-electron chi connectivity index (χ1n) is 18.3.